The van der Waals surface area contributed by atoms with Crippen LogP contribution in [0.4, 0.5) is 34.1 Å². The second-order valence-electron chi connectivity index (χ2n) is 26.3. The fraction of sp³-hybridized carbons (Fsp3) is 0.0217. The molecule has 0 spiro atoms. The summed E-state index contributed by atoms with van der Waals surface area (Å²) in [5.74, 6) is 0. The van der Waals surface area contributed by atoms with Gasteiger partial charge in [0.1, 0.15) is 11.2 Å². The van der Waals surface area contributed by atoms with Gasteiger partial charge in [-0.1, -0.05) is 255 Å². The highest BCUT2D eigenvalue weighted by Crippen LogP contribution is 2.56. The first kappa shape index (κ1) is 54.5. The number of anilines is 6. The number of aromatic nitrogens is 2. The Bertz CT molecular complexity index is 6410. The van der Waals surface area contributed by atoms with E-state index >= 15 is 0 Å². The molecule has 0 N–H and O–H groups in total. The van der Waals surface area contributed by atoms with E-state index in [4.69, 9.17) is 8.83 Å². The molecule has 15 aromatic carbocycles. The van der Waals surface area contributed by atoms with Crippen LogP contribution in [0.25, 0.3) is 165 Å². The summed E-state index contributed by atoms with van der Waals surface area (Å²) < 4.78 is 19.8. The van der Waals surface area contributed by atoms with E-state index in [0.29, 0.717) is 0 Å². The van der Waals surface area contributed by atoms with Crippen molar-refractivity contribution in [3.63, 3.8) is 0 Å². The molecular weight excluding hydrogens is 1190 g/mol. The van der Waals surface area contributed by atoms with Crippen LogP contribution in [0.3, 0.4) is 0 Å². The largest absolute Gasteiger partial charge is 0.453 e. The van der Waals surface area contributed by atoms with Crippen LogP contribution in [0.5, 0.6) is 0 Å². The molecule has 0 amide bonds. The molecule has 0 aliphatic carbocycles. The third kappa shape index (κ3) is 7.62. The van der Waals surface area contributed by atoms with Crippen molar-refractivity contribution in [2.24, 2.45) is 0 Å². The number of furan rings is 2. The van der Waals surface area contributed by atoms with E-state index in [-0.39, 0.29) is 0 Å². The minimum absolute atomic E-state index is 0.834. The second-order valence-corrected chi connectivity index (χ2v) is 26.3. The highest BCUT2D eigenvalue weighted by molar-refractivity contribution is 6.38. The minimum atomic E-state index is 0.834. The van der Waals surface area contributed by atoms with Gasteiger partial charge in [0.15, 0.2) is 11.2 Å². The van der Waals surface area contributed by atoms with E-state index in [0.717, 1.165) is 111 Å². The fourth-order valence-electron chi connectivity index (χ4n) is 16.9. The van der Waals surface area contributed by atoms with Gasteiger partial charge in [0.25, 0.3) is 0 Å². The molecule has 6 nitrogen and oxygen atoms in total. The summed E-state index contributed by atoms with van der Waals surface area (Å²) in [5.41, 5.74) is 28.1. The summed E-state index contributed by atoms with van der Waals surface area (Å²) >= 11 is 0. The van der Waals surface area contributed by atoms with Crippen molar-refractivity contribution in [2.75, 3.05) is 9.80 Å². The SMILES string of the molecule is Cc1ccccc1-c1cccc2c1oc1c(N(c3ccccc3)c3ccc4c5cccc6c7c(-c8ccccc8)c8c(c(-c9ccccc9)c7n(c4c3)c56)c3cccc4c5ccc(N(c6ccccc6)c6cccc7c6oc6c(-c9ccccc9C)cccc67)cc5n8c43)cccc12. The summed E-state index contributed by atoms with van der Waals surface area (Å²) in [4.78, 5) is 4.78. The molecule has 21 rings (SSSR count). The van der Waals surface area contributed by atoms with Gasteiger partial charge in [0.05, 0.1) is 44.5 Å². The molecule has 0 aliphatic rings. The van der Waals surface area contributed by atoms with Crippen molar-refractivity contribution in [2.45, 2.75) is 13.8 Å². The van der Waals surface area contributed by atoms with Gasteiger partial charge < -0.3 is 27.4 Å². The molecule has 0 atom stereocenters. The zero-order chi connectivity index (χ0) is 64.4. The van der Waals surface area contributed by atoms with Crippen LogP contribution in [-0.2, 0) is 0 Å². The molecule has 0 unspecified atom stereocenters. The van der Waals surface area contributed by atoms with E-state index in [2.05, 4.69) is 348 Å². The Balaban J connectivity index is 0.856. The molecule has 458 valence electrons. The monoisotopic (exact) mass is 1250 g/mol. The molecule has 6 heteroatoms. The lowest BCUT2D eigenvalue weighted by Crippen LogP contribution is -2.10. The van der Waals surface area contributed by atoms with Gasteiger partial charge in [-0.2, -0.15) is 0 Å². The summed E-state index contributed by atoms with van der Waals surface area (Å²) in [5, 5.41) is 13.9. The first-order chi connectivity index (χ1) is 48.5. The lowest BCUT2D eigenvalue weighted by molar-refractivity contribution is 0.670. The Kier molecular flexibility index (Phi) is 11.6. The molecule has 0 fully saturated rings. The summed E-state index contributed by atoms with van der Waals surface area (Å²) in [7, 11) is 0. The fourth-order valence-corrected chi connectivity index (χ4v) is 16.9. The lowest BCUT2D eigenvalue weighted by atomic mass is 9.89. The quantitative estimate of drug-likeness (QED) is 0.137. The number of fused-ring (bicyclic) bond motifs is 18. The molecule has 0 saturated heterocycles. The predicted molar refractivity (Wildman–Crippen MR) is 411 cm³/mol. The van der Waals surface area contributed by atoms with Gasteiger partial charge in [0, 0.05) is 110 Å². The summed E-state index contributed by atoms with van der Waals surface area (Å²) in [6.07, 6.45) is 0. The van der Waals surface area contributed by atoms with Crippen molar-refractivity contribution in [1.29, 1.82) is 0 Å². The van der Waals surface area contributed by atoms with Gasteiger partial charge in [-0.15, -0.1) is 0 Å². The lowest BCUT2D eigenvalue weighted by Gasteiger charge is -2.25. The van der Waals surface area contributed by atoms with E-state index in [1.165, 1.54) is 98.5 Å². The molecule has 0 radical (unpaired) electrons. The van der Waals surface area contributed by atoms with Crippen molar-refractivity contribution >= 4 is 154 Å². The van der Waals surface area contributed by atoms with E-state index in [9.17, 15) is 0 Å². The van der Waals surface area contributed by atoms with Crippen LogP contribution in [0.2, 0.25) is 0 Å². The Hall–Kier alpha value is -12.9. The van der Waals surface area contributed by atoms with Gasteiger partial charge in [-0.05, 0) is 108 Å². The Morgan fingerprint density at radius 2 is 0.582 bits per heavy atom. The third-order valence-electron chi connectivity index (χ3n) is 21.0. The Labute approximate surface area is 563 Å². The van der Waals surface area contributed by atoms with Crippen LogP contribution in [0.1, 0.15) is 11.1 Å². The van der Waals surface area contributed by atoms with Crippen LogP contribution in [0, 0.1) is 13.8 Å². The number of nitrogens with zero attached hydrogens (tertiary/aromatic N) is 4. The standard InChI is InChI=1S/C92H58N4O2/c1-55-25-15-17-35-63(55)69-39-21-41-71-73-43-23-47-77(91(73)97-89(69)71)93(59-31-11-5-12-32-59)61-49-51-65-67-37-19-45-75-83-82(58-29-9-4-10-30-58)88-84(81(57-27-7-3-8-28-57)87(83)95(85(67)75)79(65)53-61)76-46-20-38-68-66-52-50-62(54-80(66)96(88)86(68)76)94(60-33-13-6-14-34-60)78-48-24-44-74-72-42-22-40-70(90(72)98-92(74)78)64-36-18-16-26-56(64)2/h3-54H,1-2H3. The first-order valence-electron chi connectivity index (χ1n) is 33.7. The number of hydrogen-bond acceptors (Lipinski definition) is 4. The Morgan fingerprint density at radius 1 is 0.245 bits per heavy atom. The van der Waals surface area contributed by atoms with Crippen LogP contribution >= 0.6 is 0 Å². The summed E-state index contributed by atoms with van der Waals surface area (Å²) in [6, 6.07) is 115. The van der Waals surface area contributed by atoms with Crippen molar-refractivity contribution in [1.82, 2.24) is 8.80 Å². The number of rotatable bonds is 10. The number of hydrogen-bond donors (Lipinski definition) is 0. The van der Waals surface area contributed by atoms with Crippen molar-refractivity contribution < 1.29 is 8.83 Å². The average Bonchev–Trinajstić information content (AvgIpc) is 1.49. The normalized spacial score (nSPS) is 12.2. The molecule has 0 aliphatic heterocycles. The first-order valence-corrected chi connectivity index (χ1v) is 33.7. The molecule has 6 heterocycles. The smallest absolute Gasteiger partial charge is 0.159 e. The molecule has 0 bridgehead atoms. The van der Waals surface area contributed by atoms with Crippen LogP contribution in [0.15, 0.2) is 324 Å². The average molecular weight is 1250 g/mol. The van der Waals surface area contributed by atoms with E-state index in [1.807, 2.05) is 0 Å². The predicted octanol–water partition coefficient (Wildman–Crippen LogP) is 26.0. The van der Waals surface area contributed by atoms with Crippen LogP contribution < -0.4 is 9.80 Å². The summed E-state index contributed by atoms with van der Waals surface area (Å²) in [6.45, 7) is 4.35. The maximum absolute atomic E-state index is 7.27. The highest BCUT2D eigenvalue weighted by Gasteiger charge is 2.32. The van der Waals surface area contributed by atoms with Gasteiger partial charge in [0.2, 0.25) is 0 Å². The third-order valence-corrected chi connectivity index (χ3v) is 21.0. The topological polar surface area (TPSA) is 41.6 Å². The van der Waals surface area contributed by atoms with E-state index in [1.54, 1.807) is 0 Å². The maximum Gasteiger partial charge on any atom is 0.159 e. The van der Waals surface area contributed by atoms with Crippen LogP contribution in [-0.4, -0.2) is 8.80 Å². The molecule has 21 aromatic rings. The van der Waals surface area contributed by atoms with Gasteiger partial charge in [-0.25, -0.2) is 0 Å². The molecule has 0 saturated carbocycles. The zero-order valence-electron chi connectivity index (χ0n) is 53.6. The minimum Gasteiger partial charge on any atom is -0.453 e. The number of para-hydroxylation sites is 8. The molecular formula is C92H58N4O2. The second kappa shape index (κ2) is 20.8. The number of aryl methyl sites for hydroxylation is 2. The molecule has 6 aromatic heterocycles. The van der Waals surface area contributed by atoms with Gasteiger partial charge in [-0.3, -0.25) is 0 Å². The number of benzene rings is 15. The maximum atomic E-state index is 7.27. The van der Waals surface area contributed by atoms with Crippen molar-refractivity contribution in [3.8, 4) is 44.5 Å². The Morgan fingerprint density at radius 3 is 1.00 bits per heavy atom. The van der Waals surface area contributed by atoms with E-state index < -0.39 is 0 Å². The highest BCUT2D eigenvalue weighted by atomic mass is 16.3. The van der Waals surface area contributed by atoms with Gasteiger partial charge >= 0.3 is 0 Å². The zero-order valence-corrected chi connectivity index (χ0v) is 53.6. The molecule has 98 heavy (non-hydrogen) atoms. The van der Waals surface area contributed by atoms with Crippen molar-refractivity contribution in [3.05, 3.63) is 327 Å².